The summed E-state index contributed by atoms with van der Waals surface area (Å²) in [4.78, 5) is 15.0. The van der Waals surface area contributed by atoms with Gasteiger partial charge in [-0.15, -0.1) is 0 Å². The summed E-state index contributed by atoms with van der Waals surface area (Å²) in [5.41, 5.74) is 8.01. The minimum Gasteiger partial charge on any atom is -0.392 e. The van der Waals surface area contributed by atoms with Crippen molar-refractivity contribution in [2.45, 2.75) is 52.8 Å². The SMILES string of the molecule is CCc1ccccc1Nc1nc(N)nc(CN(CC(C)O)C(C)C)n1. The standard InChI is InChI=1S/C18H28N6O/c1-5-14-8-6-7-9-15(14)20-18-22-16(21-17(19)23-18)11-24(12(2)3)10-13(4)25/h6-9,12-13,25H,5,10-11H2,1-4H3,(H3,19,20,21,22,23). The van der Waals surface area contributed by atoms with E-state index >= 15 is 0 Å². The molecule has 0 aliphatic heterocycles. The fraction of sp³-hybridized carbons (Fsp3) is 0.500. The summed E-state index contributed by atoms with van der Waals surface area (Å²) in [5, 5.41) is 12.9. The first-order valence-electron chi connectivity index (χ1n) is 8.66. The summed E-state index contributed by atoms with van der Waals surface area (Å²) in [5.74, 6) is 1.20. The number of nitrogens with one attached hydrogen (secondary N) is 1. The highest BCUT2D eigenvalue weighted by Gasteiger charge is 2.15. The number of aliphatic hydroxyl groups is 1. The number of nitrogens with two attached hydrogens (primary N) is 1. The number of anilines is 3. The van der Waals surface area contributed by atoms with Crippen LogP contribution in [0.5, 0.6) is 0 Å². The smallest absolute Gasteiger partial charge is 0.232 e. The van der Waals surface area contributed by atoms with E-state index in [9.17, 15) is 5.11 Å². The third kappa shape index (κ3) is 5.65. The molecule has 0 aliphatic rings. The maximum Gasteiger partial charge on any atom is 0.232 e. The maximum absolute atomic E-state index is 9.68. The van der Waals surface area contributed by atoms with Crippen LogP contribution >= 0.6 is 0 Å². The fourth-order valence-corrected chi connectivity index (χ4v) is 2.61. The van der Waals surface area contributed by atoms with Gasteiger partial charge in [0.05, 0.1) is 12.6 Å². The average Bonchev–Trinajstić information content (AvgIpc) is 2.53. The van der Waals surface area contributed by atoms with Crippen molar-refractivity contribution < 1.29 is 5.11 Å². The van der Waals surface area contributed by atoms with Crippen LogP contribution in [0.3, 0.4) is 0 Å². The highest BCUT2D eigenvalue weighted by Crippen LogP contribution is 2.19. The molecule has 7 heteroatoms. The van der Waals surface area contributed by atoms with Crippen molar-refractivity contribution in [3.8, 4) is 0 Å². The number of rotatable bonds is 8. The van der Waals surface area contributed by atoms with E-state index in [4.69, 9.17) is 5.73 Å². The molecule has 0 radical (unpaired) electrons. The maximum atomic E-state index is 9.68. The Morgan fingerprint density at radius 2 is 1.88 bits per heavy atom. The molecule has 2 rings (SSSR count). The highest BCUT2D eigenvalue weighted by molar-refractivity contribution is 5.58. The quantitative estimate of drug-likeness (QED) is 0.676. The van der Waals surface area contributed by atoms with Gasteiger partial charge in [-0.3, -0.25) is 4.90 Å². The lowest BCUT2D eigenvalue weighted by molar-refractivity contribution is 0.101. The van der Waals surface area contributed by atoms with Crippen LogP contribution in [0.4, 0.5) is 17.6 Å². The van der Waals surface area contributed by atoms with Crippen LogP contribution in [0, 0.1) is 0 Å². The largest absolute Gasteiger partial charge is 0.392 e. The molecule has 0 spiro atoms. The Kier molecular flexibility index (Phi) is 6.66. The lowest BCUT2D eigenvalue weighted by Gasteiger charge is -2.26. The molecule has 1 atom stereocenters. The van der Waals surface area contributed by atoms with Crippen molar-refractivity contribution in [1.29, 1.82) is 0 Å². The lowest BCUT2D eigenvalue weighted by Crippen LogP contribution is -2.36. The van der Waals surface area contributed by atoms with E-state index in [2.05, 4.69) is 52.0 Å². The first kappa shape index (κ1) is 19.1. The van der Waals surface area contributed by atoms with Crippen molar-refractivity contribution in [2.75, 3.05) is 17.6 Å². The fourth-order valence-electron chi connectivity index (χ4n) is 2.61. The highest BCUT2D eigenvalue weighted by atomic mass is 16.3. The zero-order valence-electron chi connectivity index (χ0n) is 15.4. The summed E-state index contributed by atoms with van der Waals surface area (Å²) >= 11 is 0. The van der Waals surface area contributed by atoms with Crippen molar-refractivity contribution in [2.24, 2.45) is 0 Å². The number of hydrogen-bond donors (Lipinski definition) is 3. The monoisotopic (exact) mass is 344 g/mol. The number of aliphatic hydroxyl groups excluding tert-OH is 1. The molecular weight excluding hydrogens is 316 g/mol. The minimum atomic E-state index is -0.421. The average molecular weight is 344 g/mol. The molecule has 4 N–H and O–H groups in total. The van der Waals surface area contributed by atoms with Gasteiger partial charge in [0.2, 0.25) is 11.9 Å². The molecular formula is C18H28N6O. The van der Waals surface area contributed by atoms with Gasteiger partial charge in [-0.05, 0) is 38.8 Å². The molecule has 0 fully saturated rings. The Morgan fingerprint density at radius 1 is 1.16 bits per heavy atom. The lowest BCUT2D eigenvalue weighted by atomic mass is 10.1. The summed E-state index contributed by atoms with van der Waals surface area (Å²) in [7, 11) is 0. The first-order valence-corrected chi connectivity index (χ1v) is 8.66. The Hall–Kier alpha value is -2.25. The van der Waals surface area contributed by atoms with E-state index in [-0.39, 0.29) is 12.0 Å². The van der Waals surface area contributed by atoms with Crippen LogP contribution < -0.4 is 11.1 Å². The second-order valence-electron chi connectivity index (χ2n) is 6.44. The Labute approximate surface area is 149 Å². The second-order valence-corrected chi connectivity index (χ2v) is 6.44. The van der Waals surface area contributed by atoms with Crippen LogP contribution in [-0.4, -0.2) is 43.6 Å². The number of hydrogen-bond acceptors (Lipinski definition) is 7. The summed E-state index contributed by atoms with van der Waals surface area (Å²) in [6, 6.07) is 8.29. The van der Waals surface area contributed by atoms with Crippen molar-refractivity contribution >= 4 is 17.6 Å². The first-order chi connectivity index (χ1) is 11.9. The van der Waals surface area contributed by atoms with Crippen LogP contribution in [0.1, 0.15) is 39.1 Å². The number of aryl methyl sites for hydroxylation is 1. The normalized spacial score (nSPS) is 12.6. The van der Waals surface area contributed by atoms with E-state index in [0.29, 0.717) is 24.9 Å². The number of benzene rings is 1. The summed E-state index contributed by atoms with van der Waals surface area (Å²) < 4.78 is 0. The van der Waals surface area contributed by atoms with Crippen LogP contribution in [0.25, 0.3) is 0 Å². The molecule has 1 aromatic carbocycles. The van der Waals surface area contributed by atoms with E-state index in [1.54, 1.807) is 6.92 Å². The van der Waals surface area contributed by atoms with E-state index < -0.39 is 6.10 Å². The summed E-state index contributed by atoms with van der Waals surface area (Å²) in [6.45, 7) is 9.06. The third-order valence-electron chi connectivity index (χ3n) is 3.92. The van der Waals surface area contributed by atoms with Crippen molar-refractivity contribution in [3.05, 3.63) is 35.7 Å². The molecule has 0 amide bonds. The predicted octanol–water partition coefficient (Wildman–Crippen LogP) is 2.35. The van der Waals surface area contributed by atoms with Crippen LogP contribution in [0.15, 0.2) is 24.3 Å². The molecule has 0 aliphatic carbocycles. The Morgan fingerprint density at radius 3 is 2.52 bits per heavy atom. The molecule has 1 aromatic heterocycles. The zero-order valence-corrected chi connectivity index (χ0v) is 15.4. The number of para-hydroxylation sites is 1. The van der Waals surface area contributed by atoms with Gasteiger partial charge in [-0.25, -0.2) is 0 Å². The van der Waals surface area contributed by atoms with Gasteiger partial charge in [-0.2, -0.15) is 15.0 Å². The van der Waals surface area contributed by atoms with Gasteiger partial charge in [0.25, 0.3) is 0 Å². The summed E-state index contributed by atoms with van der Waals surface area (Å²) in [6.07, 6.45) is 0.488. The molecule has 0 saturated carbocycles. The predicted molar refractivity (Wildman–Crippen MR) is 101 cm³/mol. The molecule has 0 saturated heterocycles. The van der Waals surface area contributed by atoms with Crippen LogP contribution in [0.2, 0.25) is 0 Å². The molecule has 2 aromatic rings. The number of nitrogen functional groups attached to an aromatic ring is 1. The Balaban J connectivity index is 2.22. The van der Waals surface area contributed by atoms with Crippen molar-refractivity contribution in [3.63, 3.8) is 0 Å². The van der Waals surface area contributed by atoms with Gasteiger partial charge < -0.3 is 16.2 Å². The second kappa shape index (κ2) is 8.73. The van der Waals surface area contributed by atoms with E-state index in [0.717, 1.165) is 12.1 Å². The van der Waals surface area contributed by atoms with Crippen molar-refractivity contribution in [1.82, 2.24) is 19.9 Å². The molecule has 1 unspecified atom stereocenters. The van der Waals surface area contributed by atoms with Gasteiger partial charge in [0, 0.05) is 18.3 Å². The molecule has 136 valence electrons. The van der Waals surface area contributed by atoms with Gasteiger partial charge >= 0.3 is 0 Å². The van der Waals surface area contributed by atoms with Crippen LogP contribution in [-0.2, 0) is 13.0 Å². The van der Waals surface area contributed by atoms with E-state index in [1.807, 2.05) is 18.2 Å². The molecule has 1 heterocycles. The third-order valence-corrected chi connectivity index (χ3v) is 3.92. The molecule has 25 heavy (non-hydrogen) atoms. The topological polar surface area (TPSA) is 100 Å². The Bertz CT molecular complexity index is 689. The zero-order chi connectivity index (χ0) is 18.4. The molecule has 0 bridgehead atoms. The van der Waals surface area contributed by atoms with Gasteiger partial charge in [-0.1, -0.05) is 25.1 Å². The van der Waals surface area contributed by atoms with Gasteiger partial charge in [0.1, 0.15) is 5.82 Å². The van der Waals surface area contributed by atoms with E-state index in [1.165, 1.54) is 5.56 Å². The molecule has 7 nitrogen and oxygen atoms in total. The van der Waals surface area contributed by atoms with Gasteiger partial charge in [0.15, 0.2) is 0 Å². The number of aromatic nitrogens is 3. The number of nitrogens with zero attached hydrogens (tertiary/aromatic N) is 4. The minimum absolute atomic E-state index is 0.183.